The molecule has 11 heavy (non-hydrogen) atoms. The van der Waals surface area contributed by atoms with E-state index in [1.165, 1.54) is 0 Å². The Morgan fingerprint density at radius 1 is 1.73 bits per heavy atom. The van der Waals surface area contributed by atoms with Crippen molar-refractivity contribution in [2.24, 2.45) is 0 Å². The fourth-order valence-electron chi connectivity index (χ4n) is 0.761. The number of oxazole rings is 1. The Hall–Kier alpha value is -0.160. The molecule has 1 aromatic heterocycles. The van der Waals surface area contributed by atoms with E-state index in [1.54, 1.807) is 13.2 Å². The predicted molar refractivity (Wildman–Crippen MR) is 46.2 cm³/mol. The molecule has 0 aromatic carbocycles. The van der Waals surface area contributed by atoms with Gasteiger partial charge in [0.25, 0.3) is 0 Å². The second-order valence-electron chi connectivity index (χ2n) is 2.05. The van der Waals surface area contributed by atoms with Gasteiger partial charge in [-0.15, -0.1) is 0 Å². The highest BCUT2D eigenvalue weighted by Crippen LogP contribution is 2.16. The Morgan fingerprint density at radius 3 is 2.73 bits per heavy atom. The zero-order valence-corrected chi connectivity index (χ0v) is 8.66. The van der Waals surface area contributed by atoms with Crippen LogP contribution in [0.15, 0.2) is 9.51 Å². The van der Waals surface area contributed by atoms with E-state index in [-0.39, 0.29) is 0 Å². The molecule has 0 saturated carbocycles. The van der Waals surface area contributed by atoms with Crippen LogP contribution in [-0.2, 0) is 16.1 Å². The molecule has 5 heteroatoms. The Bertz CT molecular complexity index is 284. The van der Waals surface area contributed by atoms with Gasteiger partial charge in [0.2, 0.25) is 5.09 Å². The number of aryl methyl sites for hydroxylation is 1. The highest BCUT2D eigenvalue weighted by molar-refractivity contribution is 9.08. The summed E-state index contributed by atoms with van der Waals surface area (Å²) < 4.78 is 16.1. The van der Waals surface area contributed by atoms with Gasteiger partial charge in [0.05, 0.1) is 16.1 Å². The van der Waals surface area contributed by atoms with Crippen LogP contribution in [0.3, 0.4) is 0 Å². The second kappa shape index (κ2) is 3.49. The summed E-state index contributed by atoms with van der Waals surface area (Å²) in [5.74, 6) is 0.560. The molecule has 62 valence electrons. The lowest BCUT2D eigenvalue weighted by Gasteiger charge is -1.89. The molecule has 0 fully saturated rings. The molecule has 1 aromatic rings. The number of hydrogen-bond acceptors (Lipinski definition) is 3. The van der Waals surface area contributed by atoms with Crippen LogP contribution < -0.4 is 0 Å². The van der Waals surface area contributed by atoms with Gasteiger partial charge in [-0.1, -0.05) is 15.9 Å². The summed E-state index contributed by atoms with van der Waals surface area (Å²) in [5.41, 5.74) is 0.725. The zero-order chi connectivity index (χ0) is 8.43. The molecule has 0 bridgehead atoms. The molecule has 1 heterocycles. The van der Waals surface area contributed by atoms with Crippen LogP contribution in [0.2, 0.25) is 0 Å². The second-order valence-corrected chi connectivity index (χ2v) is 3.89. The molecule has 0 aliphatic rings. The number of nitrogens with zero attached hydrogens (tertiary/aromatic N) is 1. The van der Waals surface area contributed by atoms with Gasteiger partial charge in [-0.2, -0.15) is 0 Å². The number of alkyl halides is 1. The number of hydrogen-bond donors (Lipinski definition) is 0. The molecule has 0 aliphatic carbocycles. The highest BCUT2D eigenvalue weighted by Gasteiger charge is 2.12. The first kappa shape index (κ1) is 8.93. The lowest BCUT2D eigenvalue weighted by Crippen LogP contribution is -1.89. The van der Waals surface area contributed by atoms with Gasteiger partial charge >= 0.3 is 0 Å². The fraction of sp³-hybridized carbons (Fsp3) is 0.500. The third-order valence-corrected chi connectivity index (χ3v) is 2.53. The molecular weight excluding hydrogens is 230 g/mol. The molecule has 0 N–H and O–H groups in total. The quantitative estimate of drug-likeness (QED) is 0.735. The zero-order valence-electron chi connectivity index (χ0n) is 6.26. The monoisotopic (exact) mass is 237 g/mol. The van der Waals surface area contributed by atoms with Crippen molar-refractivity contribution in [1.82, 2.24) is 4.98 Å². The Morgan fingerprint density at radius 2 is 2.36 bits per heavy atom. The first-order valence-corrected chi connectivity index (χ1v) is 5.68. The van der Waals surface area contributed by atoms with E-state index in [4.69, 9.17) is 4.42 Å². The van der Waals surface area contributed by atoms with Crippen LogP contribution in [0.25, 0.3) is 0 Å². The smallest absolute Gasteiger partial charge is 0.214 e. The van der Waals surface area contributed by atoms with Crippen molar-refractivity contribution in [3.05, 3.63) is 11.6 Å². The van der Waals surface area contributed by atoms with Crippen LogP contribution in [0.4, 0.5) is 0 Å². The average molecular weight is 238 g/mol. The lowest BCUT2D eigenvalue weighted by molar-refractivity contribution is 0.433. The van der Waals surface area contributed by atoms with Crippen LogP contribution in [0, 0.1) is 6.92 Å². The number of rotatable bonds is 2. The average Bonchev–Trinajstić information content (AvgIpc) is 2.30. The van der Waals surface area contributed by atoms with Crippen molar-refractivity contribution < 1.29 is 8.63 Å². The molecule has 1 rings (SSSR count). The maximum atomic E-state index is 11.0. The van der Waals surface area contributed by atoms with Gasteiger partial charge in [0.1, 0.15) is 5.69 Å². The van der Waals surface area contributed by atoms with Crippen molar-refractivity contribution in [3.8, 4) is 0 Å². The first-order valence-electron chi connectivity index (χ1n) is 3.01. The van der Waals surface area contributed by atoms with Crippen molar-refractivity contribution >= 4 is 26.7 Å². The van der Waals surface area contributed by atoms with Gasteiger partial charge in [-0.3, -0.25) is 4.21 Å². The minimum atomic E-state index is -1.08. The Labute approximate surface area is 75.8 Å². The van der Waals surface area contributed by atoms with E-state index < -0.39 is 10.8 Å². The minimum Gasteiger partial charge on any atom is -0.432 e. The number of aromatic nitrogens is 1. The van der Waals surface area contributed by atoms with E-state index in [2.05, 4.69) is 20.9 Å². The highest BCUT2D eigenvalue weighted by atomic mass is 79.9. The van der Waals surface area contributed by atoms with Gasteiger partial charge < -0.3 is 4.42 Å². The Kier molecular flexibility index (Phi) is 2.84. The van der Waals surface area contributed by atoms with Crippen LogP contribution in [-0.4, -0.2) is 15.4 Å². The van der Waals surface area contributed by atoms with E-state index in [0.717, 1.165) is 5.69 Å². The van der Waals surface area contributed by atoms with E-state index in [1.807, 2.05) is 0 Å². The van der Waals surface area contributed by atoms with E-state index >= 15 is 0 Å². The normalized spacial score (nSPS) is 13.4. The van der Waals surface area contributed by atoms with Crippen molar-refractivity contribution in [2.75, 3.05) is 6.26 Å². The largest absolute Gasteiger partial charge is 0.432 e. The SMILES string of the molecule is Cc1nc(CBr)c(S(C)=O)o1. The van der Waals surface area contributed by atoms with E-state index in [9.17, 15) is 4.21 Å². The summed E-state index contributed by atoms with van der Waals surface area (Å²) in [6, 6.07) is 0. The van der Waals surface area contributed by atoms with Gasteiger partial charge in [-0.05, 0) is 0 Å². The van der Waals surface area contributed by atoms with Crippen molar-refractivity contribution in [2.45, 2.75) is 17.3 Å². The van der Waals surface area contributed by atoms with Crippen LogP contribution >= 0.6 is 15.9 Å². The molecule has 1 unspecified atom stereocenters. The summed E-state index contributed by atoms with van der Waals surface area (Å²) in [7, 11) is -1.08. The lowest BCUT2D eigenvalue weighted by atomic mass is 10.6. The van der Waals surface area contributed by atoms with Crippen LogP contribution in [0.1, 0.15) is 11.6 Å². The third kappa shape index (κ3) is 1.90. The topological polar surface area (TPSA) is 43.1 Å². The molecule has 0 amide bonds. The first-order chi connectivity index (χ1) is 5.15. The number of halogens is 1. The minimum absolute atomic E-state index is 0.472. The standard InChI is InChI=1S/C6H8BrNO2S/c1-4-8-5(3-7)6(10-4)11(2)9/h3H2,1-2H3. The van der Waals surface area contributed by atoms with E-state index in [0.29, 0.717) is 16.3 Å². The van der Waals surface area contributed by atoms with Crippen LogP contribution in [0.5, 0.6) is 0 Å². The van der Waals surface area contributed by atoms with Crippen molar-refractivity contribution in [1.29, 1.82) is 0 Å². The summed E-state index contributed by atoms with van der Waals surface area (Å²) in [6.45, 7) is 1.74. The third-order valence-electron chi connectivity index (χ3n) is 1.16. The maximum Gasteiger partial charge on any atom is 0.214 e. The molecule has 0 radical (unpaired) electrons. The molecule has 1 atom stereocenters. The van der Waals surface area contributed by atoms with Gasteiger partial charge in [0.15, 0.2) is 5.89 Å². The summed E-state index contributed by atoms with van der Waals surface area (Å²) in [4.78, 5) is 4.04. The summed E-state index contributed by atoms with van der Waals surface area (Å²) in [5, 5.41) is 1.05. The molecule has 0 saturated heterocycles. The molecular formula is C6H8BrNO2S. The van der Waals surface area contributed by atoms with Gasteiger partial charge in [0, 0.05) is 13.2 Å². The summed E-state index contributed by atoms with van der Waals surface area (Å²) in [6.07, 6.45) is 1.58. The molecule has 3 nitrogen and oxygen atoms in total. The van der Waals surface area contributed by atoms with Gasteiger partial charge in [-0.25, -0.2) is 4.98 Å². The molecule has 0 aliphatic heterocycles. The summed E-state index contributed by atoms with van der Waals surface area (Å²) >= 11 is 3.23. The Balaban J connectivity index is 3.12. The molecule has 0 spiro atoms. The maximum absolute atomic E-state index is 11.0. The predicted octanol–water partition coefficient (Wildman–Crippen LogP) is 1.62. The van der Waals surface area contributed by atoms with Crippen molar-refractivity contribution in [3.63, 3.8) is 0 Å². The fourth-order valence-corrected chi connectivity index (χ4v) is 2.01.